The maximum Gasteiger partial charge on any atom is 0.126 e. The second-order valence-electron chi connectivity index (χ2n) is 4.21. The summed E-state index contributed by atoms with van der Waals surface area (Å²) in [6.45, 7) is 0.632. The van der Waals surface area contributed by atoms with Crippen LogP contribution in [0.25, 0.3) is 11.0 Å². The molecule has 5 heteroatoms. The number of aromatic amines is 1. The second kappa shape index (κ2) is 5.23. The summed E-state index contributed by atoms with van der Waals surface area (Å²) in [5, 5.41) is 4.01. The summed E-state index contributed by atoms with van der Waals surface area (Å²) in [5.74, 6) is 0.896. The fraction of sp³-hybridized carbons (Fsp3) is 0.0714. The van der Waals surface area contributed by atoms with E-state index in [1.165, 1.54) is 0 Å². The van der Waals surface area contributed by atoms with Gasteiger partial charge in [0.15, 0.2) is 0 Å². The maximum atomic E-state index is 5.94. The molecule has 0 amide bonds. The molecule has 2 N–H and O–H groups in total. The summed E-state index contributed by atoms with van der Waals surface area (Å²) in [4.78, 5) is 7.80. The molecule has 0 atom stereocenters. The van der Waals surface area contributed by atoms with Gasteiger partial charge in [-0.2, -0.15) is 0 Å². The summed E-state index contributed by atoms with van der Waals surface area (Å²) in [7, 11) is 0. The quantitative estimate of drug-likeness (QED) is 0.734. The highest BCUT2D eigenvalue weighted by Crippen LogP contribution is 2.19. The van der Waals surface area contributed by atoms with Crippen LogP contribution in [0.4, 0.5) is 5.69 Å². The minimum atomic E-state index is 0.632. The highest BCUT2D eigenvalue weighted by Gasteiger charge is 2.03. The molecule has 1 aromatic heterocycles. The first-order chi connectivity index (χ1) is 9.20. The lowest BCUT2D eigenvalue weighted by Crippen LogP contribution is -2.00. The molecule has 0 radical (unpaired) electrons. The molecule has 3 rings (SSSR count). The lowest BCUT2D eigenvalue weighted by molar-refractivity contribution is 1.01. The molecule has 3 aromatic rings. The SMILES string of the molecule is Clc1cccc(NCc2nc3ccc(Br)cc3[nH]2)c1. The van der Waals surface area contributed by atoms with Crippen molar-refractivity contribution in [2.75, 3.05) is 5.32 Å². The predicted molar refractivity (Wildman–Crippen MR) is 82.6 cm³/mol. The van der Waals surface area contributed by atoms with Gasteiger partial charge in [0.05, 0.1) is 17.6 Å². The van der Waals surface area contributed by atoms with Gasteiger partial charge >= 0.3 is 0 Å². The zero-order valence-electron chi connectivity index (χ0n) is 9.95. The third kappa shape index (κ3) is 2.91. The van der Waals surface area contributed by atoms with Gasteiger partial charge in [0.2, 0.25) is 0 Å². The molecule has 0 unspecified atom stereocenters. The number of rotatable bonds is 3. The van der Waals surface area contributed by atoms with Gasteiger partial charge < -0.3 is 10.3 Å². The normalized spacial score (nSPS) is 10.8. The second-order valence-corrected chi connectivity index (χ2v) is 5.56. The number of H-pyrrole nitrogens is 1. The zero-order chi connectivity index (χ0) is 13.2. The van der Waals surface area contributed by atoms with E-state index < -0.39 is 0 Å². The summed E-state index contributed by atoms with van der Waals surface area (Å²) in [6.07, 6.45) is 0. The third-order valence-electron chi connectivity index (χ3n) is 2.78. The van der Waals surface area contributed by atoms with Gasteiger partial charge in [-0.15, -0.1) is 0 Å². The van der Waals surface area contributed by atoms with E-state index >= 15 is 0 Å². The minimum Gasteiger partial charge on any atom is -0.378 e. The Morgan fingerprint density at radius 1 is 1.21 bits per heavy atom. The molecule has 1 heterocycles. The van der Waals surface area contributed by atoms with Crippen LogP contribution in [-0.4, -0.2) is 9.97 Å². The van der Waals surface area contributed by atoms with Gasteiger partial charge in [0.1, 0.15) is 5.82 Å². The molecule has 3 nitrogen and oxygen atoms in total. The minimum absolute atomic E-state index is 0.632. The Morgan fingerprint density at radius 2 is 2.11 bits per heavy atom. The smallest absolute Gasteiger partial charge is 0.126 e. The Morgan fingerprint density at radius 3 is 2.95 bits per heavy atom. The highest BCUT2D eigenvalue weighted by molar-refractivity contribution is 9.10. The number of nitrogens with zero attached hydrogens (tertiary/aromatic N) is 1. The molecule has 19 heavy (non-hydrogen) atoms. The fourth-order valence-corrected chi connectivity index (χ4v) is 2.45. The van der Waals surface area contributed by atoms with Crippen LogP contribution in [0.1, 0.15) is 5.82 Å². The van der Waals surface area contributed by atoms with Crippen molar-refractivity contribution >= 4 is 44.3 Å². The molecule has 2 aromatic carbocycles. The average Bonchev–Trinajstić information content (AvgIpc) is 2.78. The first kappa shape index (κ1) is 12.5. The molecule has 0 bridgehead atoms. The first-order valence-electron chi connectivity index (χ1n) is 5.84. The van der Waals surface area contributed by atoms with Gasteiger partial charge in [-0.1, -0.05) is 33.6 Å². The first-order valence-corrected chi connectivity index (χ1v) is 7.01. The van der Waals surface area contributed by atoms with Gasteiger partial charge in [-0.25, -0.2) is 4.98 Å². The summed E-state index contributed by atoms with van der Waals surface area (Å²) < 4.78 is 1.04. The third-order valence-corrected chi connectivity index (χ3v) is 3.51. The number of imidazole rings is 1. The van der Waals surface area contributed by atoms with Crippen LogP contribution >= 0.6 is 27.5 Å². The molecule has 0 spiro atoms. The molecule has 0 aliphatic carbocycles. The van der Waals surface area contributed by atoms with E-state index in [1.54, 1.807) is 0 Å². The van der Waals surface area contributed by atoms with Crippen LogP contribution in [0.3, 0.4) is 0 Å². The van der Waals surface area contributed by atoms with Gasteiger partial charge in [0, 0.05) is 15.2 Å². The van der Waals surface area contributed by atoms with E-state index in [2.05, 4.69) is 31.2 Å². The molecular formula is C14H11BrClN3. The van der Waals surface area contributed by atoms with Crippen LogP contribution in [0, 0.1) is 0 Å². The number of aromatic nitrogens is 2. The van der Waals surface area contributed by atoms with E-state index in [1.807, 2.05) is 42.5 Å². The van der Waals surface area contributed by atoms with Crippen LogP contribution in [-0.2, 0) is 6.54 Å². The zero-order valence-corrected chi connectivity index (χ0v) is 12.3. The van der Waals surface area contributed by atoms with Crippen LogP contribution < -0.4 is 5.32 Å². The average molecular weight is 337 g/mol. The standard InChI is InChI=1S/C14H11BrClN3/c15-9-4-5-12-13(6-9)19-14(18-12)8-17-11-3-1-2-10(16)7-11/h1-7,17H,8H2,(H,18,19). The number of benzene rings is 2. The van der Waals surface area contributed by atoms with Crippen molar-refractivity contribution in [3.63, 3.8) is 0 Å². The summed E-state index contributed by atoms with van der Waals surface area (Å²) >= 11 is 9.39. The van der Waals surface area contributed by atoms with Crippen molar-refractivity contribution in [2.45, 2.75) is 6.54 Å². The lowest BCUT2D eigenvalue weighted by Gasteiger charge is -2.04. The molecule has 0 aliphatic heterocycles. The number of hydrogen-bond donors (Lipinski definition) is 2. The monoisotopic (exact) mass is 335 g/mol. The number of anilines is 1. The summed E-state index contributed by atoms with van der Waals surface area (Å²) in [6, 6.07) is 13.6. The van der Waals surface area contributed by atoms with Crippen LogP contribution in [0.15, 0.2) is 46.9 Å². The number of hydrogen-bond acceptors (Lipinski definition) is 2. The Labute approximate surface area is 124 Å². The Hall–Kier alpha value is -1.52. The van der Waals surface area contributed by atoms with Crippen LogP contribution in [0.2, 0.25) is 5.02 Å². The van der Waals surface area contributed by atoms with Gasteiger partial charge in [-0.05, 0) is 36.4 Å². The highest BCUT2D eigenvalue weighted by atomic mass is 79.9. The van der Waals surface area contributed by atoms with E-state index in [0.717, 1.165) is 32.0 Å². The van der Waals surface area contributed by atoms with Crippen LogP contribution in [0.5, 0.6) is 0 Å². The molecule has 0 aliphatic rings. The van der Waals surface area contributed by atoms with Crippen molar-refractivity contribution in [1.82, 2.24) is 9.97 Å². The van der Waals surface area contributed by atoms with E-state index in [0.29, 0.717) is 6.54 Å². The van der Waals surface area contributed by atoms with Gasteiger partial charge in [-0.3, -0.25) is 0 Å². The predicted octanol–water partition coefficient (Wildman–Crippen LogP) is 4.59. The Kier molecular flexibility index (Phi) is 3.44. The topological polar surface area (TPSA) is 40.7 Å². The molecule has 0 saturated carbocycles. The fourth-order valence-electron chi connectivity index (χ4n) is 1.90. The van der Waals surface area contributed by atoms with Crippen molar-refractivity contribution in [2.24, 2.45) is 0 Å². The molecular weight excluding hydrogens is 326 g/mol. The Bertz CT molecular complexity index is 724. The Balaban J connectivity index is 1.78. The van der Waals surface area contributed by atoms with E-state index in [-0.39, 0.29) is 0 Å². The van der Waals surface area contributed by atoms with Crippen molar-refractivity contribution in [3.8, 4) is 0 Å². The number of fused-ring (bicyclic) bond motifs is 1. The molecule has 96 valence electrons. The van der Waals surface area contributed by atoms with E-state index in [4.69, 9.17) is 11.6 Å². The number of halogens is 2. The van der Waals surface area contributed by atoms with Crippen molar-refractivity contribution in [1.29, 1.82) is 0 Å². The molecule has 0 fully saturated rings. The van der Waals surface area contributed by atoms with E-state index in [9.17, 15) is 0 Å². The van der Waals surface area contributed by atoms with Crippen molar-refractivity contribution < 1.29 is 0 Å². The summed E-state index contributed by atoms with van der Waals surface area (Å²) in [5.41, 5.74) is 2.97. The largest absolute Gasteiger partial charge is 0.378 e. The lowest BCUT2D eigenvalue weighted by atomic mass is 10.3. The maximum absolute atomic E-state index is 5.94. The van der Waals surface area contributed by atoms with Crippen molar-refractivity contribution in [3.05, 3.63) is 57.8 Å². The molecule has 0 saturated heterocycles. The number of nitrogens with one attached hydrogen (secondary N) is 2. The van der Waals surface area contributed by atoms with Gasteiger partial charge in [0.25, 0.3) is 0 Å².